The van der Waals surface area contributed by atoms with Crippen LogP contribution in [0.3, 0.4) is 0 Å². The van der Waals surface area contributed by atoms with Crippen molar-refractivity contribution in [1.29, 1.82) is 0 Å². The van der Waals surface area contributed by atoms with Crippen molar-refractivity contribution in [3.05, 3.63) is 53.9 Å². The summed E-state index contributed by atoms with van der Waals surface area (Å²) in [7, 11) is -3.91. The molecule has 2 aliphatic carbocycles. The van der Waals surface area contributed by atoms with Crippen LogP contribution >= 0.6 is 11.3 Å². The summed E-state index contributed by atoms with van der Waals surface area (Å²) in [6.45, 7) is -1.45. The molecule has 17 heteroatoms. The van der Waals surface area contributed by atoms with Crippen LogP contribution < -0.4 is 20.1 Å². The highest BCUT2D eigenvalue weighted by atomic mass is 32.2. The lowest BCUT2D eigenvalue weighted by Gasteiger charge is -2.29. The van der Waals surface area contributed by atoms with Crippen molar-refractivity contribution in [2.24, 2.45) is 5.92 Å². The van der Waals surface area contributed by atoms with Gasteiger partial charge in [0.15, 0.2) is 0 Å². The van der Waals surface area contributed by atoms with Crippen molar-refractivity contribution < 1.29 is 41.5 Å². The molecule has 5 atom stereocenters. The average molecular weight is 769 g/mol. The number of sulfonamides is 1. The fourth-order valence-corrected chi connectivity index (χ4v) is 9.03. The zero-order chi connectivity index (χ0) is 37.2. The van der Waals surface area contributed by atoms with Gasteiger partial charge in [-0.3, -0.25) is 19.1 Å². The number of para-hydroxylation sites is 2. The maximum Gasteiger partial charge on any atom is 0.407 e. The molecule has 4 heterocycles. The molecule has 2 saturated carbocycles. The largest absolute Gasteiger partial charge is 0.471 e. The van der Waals surface area contributed by atoms with Gasteiger partial charge >= 0.3 is 6.09 Å². The SMILES string of the molecule is O=C(N[C@H]1CCCCC/C=C\C2C[C@@]2(C(=O)NS(=O)(=O)C2CC2)NC(=O)[C@@H]2C[C@@H](Oc3nc4ccccc4nc3-c3cccs3)CN2C1=O)OCCF. The third-order valence-electron chi connectivity index (χ3n) is 10.0. The van der Waals surface area contributed by atoms with Crippen molar-refractivity contribution >= 4 is 56.2 Å². The number of halogens is 1. The van der Waals surface area contributed by atoms with E-state index in [0.717, 1.165) is 11.3 Å². The van der Waals surface area contributed by atoms with E-state index in [0.29, 0.717) is 48.8 Å². The molecule has 2 aromatic heterocycles. The number of alkyl halides is 1. The molecule has 0 radical (unpaired) electrons. The van der Waals surface area contributed by atoms with Crippen molar-refractivity contribution in [1.82, 2.24) is 30.2 Å². The van der Waals surface area contributed by atoms with Crippen LogP contribution in [0.2, 0.25) is 0 Å². The van der Waals surface area contributed by atoms with Crippen LogP contribution in [0, 0.1) is 5.92 Å². The van der Waals surface area contributed by atoms with E-state index in [1.54, 1.807) is 6.07 Å². The molecule has 3 N–H and O–H groups in total. The molecular weight excluding hydrogens is 728 g/mol. The number of benzene rings is 1. The molecule has 14 nitrogen and oxygen atoms in total. The monoisotopic (exact) mass is 768 g/mol. The van der Waals surface area contributed by atoms with Crippen LogP contribution in [-0.2, 0) is 29.1 Å². The first-order valence-electron chi connectivity index (χ1n) is 17.9. The number of amides is 4. The Hall–Kier alpha value is -4.64. The van der Waals surface area contributed by atoms with Gasteiger partial charge < -0.3 is 25.0 Å². The van der Waals surface area contributed by atoms with E-state index in [9.17, 15) is 32.0 Å². The Bertz CT molecular complexity index is 2010. The maximum atomic E-state index is 14.4. The third-order valence-corrected chi connectivity index (χ3v) is 12.7. The fraction of sp³-hybridized carbons (Fsp3) is 0.500. The number of carbonyl (C=O) groups is 4. The maximum absolute atomic E-state index is 14.4. The van der Waals surface area contributed by atoms with Gasteiger partial charge in [0.1, 0.15) is 42.7 Å². The summed E-state index contributed by atoms with van der Waals surface area (Å²) >= 11 is 1.45. The van der Waals surface area contributed by atoms with Crippen LogP contribution in [0.1, 0.15) is 57.8 Å². The second kappa shape index (κ2) is 15.4. The van der Waals surface area contributed by atoms with Crippen molar-refractivity contribution in [2.45, 2.75) is 86.8 Å². The van der Waals surface area contributed by atoms with Gasteiger partial charge in [0.2, 0.25) is 27.7 Å². The average Bonchev–Trinajstić information content (AvgIpc) is 4.01. The van der Waals surface area contributed by atoms with Crippen molar-refractivity contribution in [3.63, 3.8) is 0 Å². The smallest absolute Gasteiger partial charge is 0.407 e. The minimum Gasteiger partial charge on any atom is -0.471 e. The molecule has 2 aliphatic heterocycles. The molecule has 7 rings (SSSR count). The van der Waals surface area contributed by atoms with Gasteiger partial charge in [-0.2, -0.15) is 0 Å². The minimum atomic E-state index is -3.91. The molecule has 3 fully saturated rings. The van der Waals surface area contributed by atoms with Gasteiger partial charge in [0.25, 0.3) is 5.91 Å². The number of carbonyl (C=O) groups excluding carboxylic acids is 4. The Morgan fingerprint density at radius 1 is 1.06 bits per heavy atom. The van der Waals surface area contributed by atoms with E-state index in [4.69, 9.17) is 19.4 Å². The summed E-state index contributed by atoms with van der Waals surface area (Å²) in [6, 6.07) is 8.82. The van der Waals surface area contributed by atoms with Gasteiger partial charge in [-0.15, -0.1) is 11.3 Å². The lowest BCUT2D eigenvalue weighted by atomic mass is 10.1. The normalized spacial score (nSPS) is 27.0. The number of fused-ring (bicyclic) bond motifs is 3. The molecule has 3 aromatic rings. The van der Waals surface area contributed by atoms with Gasteiger partial charge in [-0.05, 0) is 62.1 Å². The third kappa shape index (κ3) is 8.15. The van der Waals surface area contributed by atoms with E-state index in [-0.39, 0.29) is 31.7 Å². The number of hydrogen-bond acceptors (Lipinski definition) is 11. The molecule has 53 heavy (non-hydrogen) atoms. The first-order chi connectivity index (χ1) is 25.6. The Kier molecular flexibility index (Phi) is 10.7. The van der Waals surface area contributed by atoms with E-state index in [2.05, 4.69) is 15.4 Å². The van der Waals surface area contributed by atoms with Crippen LogP contribution in [0.15, 0.2) is 53.9 Å². The molecule has 0 bridgehead atoms. The van der Waals surface area contributed by atoms with E-state index >= 15 is 0 Å². The molecule has 1 aromatic carbocycles. The Morgan fingerprint density at radius 3 is 2.58 bits per heavy atom. The molecule has 282 valence electrons. The molecular formula is C36H41FN6O8S2. The summed E-state index contributed by atoms with van der Waals surface area (Å²) in [5, 5.41) is 6.66. The molecule has 4 aliphatic rings. The first kappa shape index (κ1) is 36.7. The second-order valence-corrected chi connectivity index (χ2v) is 16.8. The summed E-state index contributed by atoms with van der Waals surface area (Å²) in [6.07, 6.45) is 6.02. The Balaban J connectivity index is 1.21. The highest BCUT2D eigenvalue weighted by Crippen LogP contribution is 2.46. The van der Waals surface area contributed by atoms with Gasteiger partial charge in [-0.25, -0.2) is 27.6 Å². The molecule has 1 saturated heterocycles. The number of alkyl carbamates (subject to hydrolysis) is 1. The van der Waals surface area contributed by atoms with Crippen molar-refractivity contribution in [2.75, 3.05) is 19.8 Å². The summed E-state index contributed by atoms with van der Waals surface area (Å²) in [4.78, 5) is 66.7. The van der Waals surface area contributed by atoms with Crippen LogP contribution in [0.25, 0.3) is 21.6 Å². The Morgan fingerprint density at radius 2 is 1.85 bits per heavy atom. The van der Waals surface area contributed by atoms with Crippen LogP contribution in [0.5, 0.6) is 5.88 Å². The topological polar surface area (TPSA) is 186 Å². The number of rotatable bonds is 9. The van der Waals surface area contributed by atoms with Crippen LogP contribution in [-0.4, -0.2) is 95.9 Å². The fourth-order valence-electron chi connectivity index (χ4n) is 6.96. The second-order valence-electron chi connectivity index (χ2n) is 13.9. The molecule has 4 amide bonds. The summed E-state index contributed by atoms with van der Waals surface area (Å²) in [5.74, 6) is -2.31. The van der Waals surface area contributed by atoms with Gasteiger partial charge in [0, 0.05) is 12.3 Å². The quantitative estimate of drug-likeness (QED) is 0.271. The predicted molar refractivity (Wildman–Crippen MR) is 193 cm³/mol. The predicted octanol–water partition coefficient (Wildman–Crippen LogP) is 3.77. The van der Waals surface area contributed by atoms with Gasteiger partial charge in [-0.1, -0.05) is 43.2 Å². The van der Waals surface area contributed by atoms with E-state index in [1.807, 2.05) is 47.9 Å². The van der Waals surface area contributed by atoms with E-state index in [1.165, 1.54) is 16.2 Å². The van der Waals surface area contributed by atoms with Crippen LogP contribution in [0.4, 0.5) is 9.18 Å². The summed E-state index contributed by atoms with van der Waals surface area (Å²) < 4.78 is 52.0. The number of hydrogen-bond donors (Lipinski definition) is 3. The standard InChI is InChI=1S/C36H41FN6O8S2/c37-16-17-50-35(47)40-27-12-5-3-1-2-4-9-22-20-36(22,34(46)42-53(48,49)24-14-15-24)41-31(44)28-19-23(21-43(28)33(27)45)51-32-30(29-13-8-18-52-29)38-25-10-6-7-11-26(25)39-32/h4,6-11,13,18,22-24,27-28H,1-3,5,12,14-17,19-21H2,(H,40,47)(H,41,44)(H,42,46)/b9-4-/t22?,23-,27+,28+,36-/m1/s1. The number of allylic oxidation sites excluding steroid dienone is 1. The number of aromatic nitrogens is 2. The number of nitrogens with one attached hydrogen (secondary N) is 3. The zero-order valence-corrected chi connectivity index (χ0v) is 30.5. The lowest BCUT2D eigenvalue weighted by molar-refractivity contribution is -0.141. The van der Waals surface area contributed by atoms with E-state index < -0.39 is 82.0 Å². The molecule has 1 unspecified atom stereocenters. The van der Waals surface area contributed by atoms with Crippen molar-refractivity contribution in [3.8, 4) is 16.5 Å². The zero-order valence-electron chi connectivity index (χ0n) is 28.9. The Labute approximate surface area is 310 Å². The molecule has 0 spiro atoms. The number of nitrogens with zero attached hydrogens (tertiary/aromatic N) is 3. The lowest BCUT2D eigenvalue weighted by Crippen LogP contribution is -2.58. The number of thiophene rings is 1. The minimum absolute atomic E-state index is 0.00639. The van der Waals surface area contributed by atoms with Gasteiger partial charge in [0.05, 0.1) is 27.7 Å². The highest BCUT2D eigenvalue weighted by Gasteiger charge is 2.62. The summed E-state index contributed by atoms with van der Waals surface area (Å²) in [5.41, 5.74) is 0.204. The first-order valence-corrected chi connectivity index (χ1v) is 20.3. The number of ether oxygens (including phenoxy) is 2. The highest BCUT2D eigenvalue weighted by molar-refractivity contribution is 7.91.